The zero-order valence-electron chi connectivity index (χ0n) is 19.4. The molecule has 5 nitrogen and oxygen atoms in total. The van der Waals surface area contributed by atoms with Crippen molar-refractivity contribution in [3.8, 4) is 11.5 Å². The van der Waals surface area contributed by atoms with E-state index in [2.05, 4.69) is 29.2 Å². The molecular formula is C28H33NO4. The highest BCUT2D eigenvalue weighted by molar-refractivity contribution is 5.70. The highest BCUT2D eigenvalue weighted by Crippen LogP contribution is 2.19. The molecule has 0 saturated carbocycles. The predicted octanol–water partition coefficient (Wildman–Crippen LogP) is 5.43. The van der Waals surface area contributed by atoms with E-state index in [1.54, 1.807) is 14.2 Å². The van der Waals surface area contributed by atoms with Gasteiger partial charge in [-0.15, -0.1) is 0 Å². The van der Waals surface area contributed by atoms with E-state index in [9.17, 15) is 9.90 Å². The summed E-state index contributed by atoms with van der Waals surface area (Å²) in [7, 11) is 3.33. The Labute approximate surface area is 196 Å². The number of aliphatic carboxylic acids is 1. The Kier molecular flexibility index (Phi) is 9.33. The van der Waals surface area contributed by atoms with Crippen molar-refractivity contribution in [3.05, 3.63) is 95.6 Å². The van der Waals surface area contributed by atoms with E-state index in [1.165, 1.54) is 11.1 Å². The first-order valence-corrected chi connectivity index (χ1v) is 11.3. The van der Waals surface area contributed by atoms with Crippen LogP contribution in [0, 0.1) is 5.92 Å². The predicted molar refractivity (Wildman–Crippen MR) is 131 cm³/mol. The smallest absolute Gasteiger partial charge is 0.306 e. The van der Waals surface area contributed by atoms with Crippen molar-refractivity contribution in [1.29, 1.82) is 0 Å². The Hall–Kier alpha value is -3.31. The van der Waals surface area contributed by atoms with Gasteiger partial charge in [0.05, 0.1) is 20.1 Å². The second-order valence-electron chi connectivity index (χ2n) is 8.27. The molecule has 1 unspecified atom stereocenters. The zero-order chi connectivity index (χ0) is 23.5. The fourth-order valence-electron chi connectivity index (χ4n) is 3.97. The van der Waals surface area contributed by atoms with Gasteiger partial charge in [0.1, 0.15) is 11.5 Å². The van der Waals surface area contributed by atoms with Crippen molar-refractivity contribution in [1.82, 2.24) is 4.90 Å². The number of carboxylic acids is 1. The Morgan fingerprint density at radius 2 is 1.30 bits per heavy atom. The van der Waals surface area contributed by atoms with E-state index in [0.717, 1.165) is 43.1 Å². The van der Waals surface area contributed by atoms with Crippen molar-refractivity contribution in [2.45, 2.75) is 32.4 Å². The summed E-state index contributed by atoms with van der Waals surface area (Å²) < 4.78 is 10.5. The minimum Gasteiger partial charge on any atom is -0.497 e. The molecule has 0 fully saturated rings. The summed E-state index contributed by atoms with van der Waals surface area (Å²) in [5.74, 6) is 0.572. The summed E-state index contributed by atoms with van der Waals surface area (Å²) in [5, 5.41) is 9.73. The van der Waals surface area contributed by atoms with Gasteiger partial charge in [-0.3, -0.25) is 9.69 Å². The van der Waals surface area contributed by atoms with Crippen molar-refractivity contribution < 1.29 is 19.4 Å². The third-order valence-corrected chi connectivity index (χ3v) is 5.83. The van der Waals surface area contributed by atoms with Gasteiger partial charge in [0.2, 0.25) is 0 Å². The third kappa shape index (κ3) is 7.95. The molecule has 0 amide bonds. The van der Waals surface area contributed by atoms with E-state index >= 15 is 0 Å². The van der Waals surface area contributed by atoms with Gasteiger partial charge in [-0.05, 0) is 66.8 Å². The molecule has 33 heavy (non-hydrogen) atoms. The van der Waals surface area contributed by atoms with Gasteiger partial charge in [0.25, 0.3) is 0 Å². The number of ether oxygens (including phenoxy) is 2. The molecule has 0 aliphatic heterocycles. The minimum atomic E-state index is -0.726. The van der Waals surface area contributed by atoms with E-state index in [-0.39, 0.29) is 5.92 Å². The lowest BCUT2D eigenvalue weighted by Gasteiger charge is -2.24. The van der Waals surface area contributed by atoms with Gasteiger partial charge in [-0.25, -0.2) is 0 Å². The normalized spacial score (nSPS) is 11.8. The Morgan fingerprint density at radius 3 is 1.76 bits per heavy atom. The third-order valence-electron chi connectivity index (χ3n) is 5.83. The molecule has 0 heterocycles. The first kappa shape index (κ1) is 24.3. The fraction of sp³-hybridized carbons (Fsp3) is 0.321. The number of carboxylic acid groups (broad SMARTS) is 1. The maximum Gasteiger partial charge on any atom is 0.306 e. The van der Waals surface area contributed by atoms with Gasteiger partial charge in [0.15, 0.2) is 0 Å². The van der Waals surface area contributed by atoms with Crippen molar-refractivity contribution in [2.24, 2.45) is 5.92 Å². The van der Waals surface area contributed by atoms with Crippen molar-refractivity contribution >= 4 is 5.97 Å². The second-order valence-corrected chi connectivity index (χ2v) is 8.27. The summed E-state index contributed by atoms with van der Waals surface area (Å²) in [6.07, 6.45) is 2.02. The maximum atomic E-state index is 11.8. The number of rotatable bonds is 13. The standard InChI is InChI=1S/C28H33NO4/c1-32-26-14-10-23(11-15-26)20-29(21-24-12-16-27(33-2)17-13-24)18-6-9-25(28(30)31)19-22-7-4-3-5-8-22/h3-5,7-8,10-17,25H,6,9,18-21H2,1-2H3,(H,30,31). The summed E-state index contributed by atoms with van der Waals surface area (Å²) in [4.78, 5) is 14.2. The van der Waals surface area contributed by atoms with Gasteiger partial charge in [-0.1, -0.05) is 54.6 Å². The molecule has 0 radical (unpaired) electrons. The fourth-order valence-corrected chi connectivity index (χ4v) is 3.97. The van der Waals surface area contributed by atoms with E-state index in [4.69, 9.17) is 9.47 Å². The van der Waals surface area contributed by atoms with Gasteiger partial charge >= 0.3 is 5.97 Å². The summed E-state index contributed by atoms with van der Waals surface area (Å²) in [6, 6.07) is 26.1. The van der Waals surface area contributed by atoms with Crippen LogP contribution in [0.15, 0.2) is 78.9 Å². The Bertz CT molecular complexity index is 922. The number of methoxy groups -OCH3 is 2. The summed E-state index contributed by atoms with van der Waals surface area (Å²) >= 11 is 0. The molecule has 174 valence electrons. The highest BCUT2D eigenvalue weighted by Gasteiger charge is 2.18. The van der Waals surface area contributed by atoms with Gasteiger partial charge < -0.3 is 14.6 Å². The van der Waals surface area contributed by atoms with Crippen LogP contribution in [0.1, 0.15) is 29.5 Å². The van der Waals surface area contributed by atoms with Crippen LogP contribution in [0.5, 0.6) is 11.5 Å². The molecule has 0 aliphatic carbocycles. The van der Waals surface area contributed by atoms with Crippen LogP contribution in [0.2, 0.25) is 0 Å². The number of carbonyl (C=O) groups is 1. The Balaban J connectivity index is 1.64. The first-order chi connectivity index (χ1) is 16.1. The molecule has 0 bridgehead atoms. The van der Waals surface area contributed by atoms with Crippen LogP contribution < -0.4 is 9.47 Å². The van der Waals surface area contributed by atoms with Crippen LogP contribution in [-0.4, -0.2) is 36.7 Å². The molecule has 0 aromatic heterocycles. The topological polar surface area (TPSA) is 59.0 Å². The molecule has 1 atom stereocenters. The Morgan fingerprint density at radius 1 is 0.788 bits per heavy atom. The number of benzene rings is 3. The van der Waals surface area contributed by atoms with Gasteiger partial charge in [-0.2, -0.15) is 0 Å². The molecule has 0 spiro atoms. The number of hydrogen-bond donors (Lipinski definition) is 1. The van der Waals surface area contributed by atoms with E-state index in [0.29, 0.717) is 12.8 Å². The molecule has 0 saturated heterocycles. The van der Waals surface area contributed by atoms with Crippen LogP contribution >= 0.6 is 0 Å². The molecule has 1 N–H and O–H groups in total. The lowest BCUT2D eigenvalue weighted by Crippen LogP contribution is -2.25. The average Bonchev–Trinajstić information content (AvgIpc) is 2.85. The van der Waals surface area contributed by atoms with Crippen LogP contribution in [0.25, 0.3) is 0 Å². The van der Waals surface area contributed by atoms with E-state index in [1.807, 2.05) is 54.6 Å². The SMILES string of the molecule is COc1ccc(CN(CCCC(Cc2ccccc2)C(=O)O)Cc2ccc(OC)cc2)cc1. The van der Waals surface area contributed by atoms with Crippen molar-refractivity contribution in [2.75, 3.05) is 20.8 Å². The van der Waals surface area contributed by atoms with E-state index < -0.39 is 5.97 Å². The highest BCUT2D eigenvalue weighted by atomic mass is 16.5. The summed E-state index contributed by atoms with van der Waals surface area (Å²) in [5.41, 5.74) is 3.46. The first-order valence-electron chi connectivity index (χ1n) is 11.3. The molecule has 3 aromatic carbocycles. The quantitative estimate of drug-likeness (QED) is 0.379. The lowest BCUT2D eigenvalue weighted by atomic mass is 9.94. The zero-order valence-corrected chi connectivity index (χ0v) is 19.4. The number of hydrogen-bond acceptors (Lipinski definition) is 4. The largest absolute Gasteiger partial charge is 0.497 e. The summed E-state index contributed by atoms with van der Waals surface area (Å²) in [6.45, 7) is 2.38. The molecule has 0 aliphatic rings. The molecule has 3 rings (SSSR count). The lowest BCUT2D eigenvalue weighted by molar-refractivity contribution is -0.142. The van der Waals surface area contributed by atoms with Crippen LogP contribution in [0.3, 0.4) is 0 Å². The minimum absolute atomic E-state index is 0.378. The number of nitrogens with zero attached hydrogens (tertiary/aromatic N) is 1. The molecular weight excluding hydrogens is 414 g/mol. The monoisotopic (exact) mass is 447 g/mol. The maximum absolute atomic E-state index is 11.8. The van der Waals surface area contributed by atoms with Crippen LogP contribution in [-0.2, 0) is 24.3 Å². The molecule has 5 heteroatoms. The van der Waals surface area contributed by atoms with Crippen molar-refractivity contribution in [3.63, 3.8) is 0 Å². The average molecular weight is 448 g/mol. The second kappa shape index (κ2) is 12.7. The van der Waals surface area contributed by atoms with Crippen LogP contribution in [0.4, 0.5) is 0 Å². The van der Waals surface area contributed by atoms with Gasteiger partial charge in [0, 0.05) is 13.1 Å². The molecule has 3 aromatic rings.